The molecule has 0 atom stereocenters. The summed E-state index contributed by atoms with van der Waals surface area (Å²) in [5, 5.41) is 0. The van der Waals surface area contributed by atoms with Gasteiger partial charge in [0.05, 0.1) is 4.90 Å². The molecule has 146 valence electrons. The van der Waals surface area contributed by atoms with Crippen LogP contribution in [0, 0.1) is 12.7 Å². The lowest BCUT2D eigenvalue weighted by Gasteiger charge is -2.34. The van der Waals surface area contributed by atoms with Crippen molar-refractivity contribution < 1.29 is 12.8 Å². The Morgan fingerprint density at radius 3 is 2.29 bits per heavy atom. The van der Waals surface area contributed by atoms with E-state index in [2.05, 4.69) is 15.0 Å². The summed E-state index contributed by atoms with van der Waals surface area (Å²) in [6.45, 7) is 3.53. The molecular formula is C18H19FN6O2S. The van der Waals surface area contributed by atoms with Crippen molar-refractivity contribution in [3.05, 3.63) is 60.7 Å². The van der Waals surface area contributed by atoms with Crippen molar-refractivity contribution >= 4 is 15.8 Å². The van der Waals surface area contributed by atoms with Gasteiger partial charge in [-0.05, 0) is 31.2 Å². The summed E-state index contributed by atoms with van der Waals surface area (Å²) < 4.78 is 41.8. The van der Waals surface area contributed by atoms with Crippen molar-refractivity contribution in [2.45, 2.75) is 11.8 Å². The molecule has 2 aromatic heterocycles. The van der Waals surface area contributed by atoms with E-state index in [9.17, 15) is 12.8 Å². The average molecular weight is 402 g/mol. The molecule has 4 rings (SSSR count). The molecule has 1 fully saturated rings. The number of imidazole rings is 1. The van der Waals surface area contributed by atoms with Gasteiger partial charge in [-0.25, -0.2) is 27.8 Å². The molecule has 0 amide bonds. The molecule has 0 saturated carbocycles. The van der Waals surface area contributed by atoms with E-state index in [4.69, 9.17) is 0 Å². The third kappa shape index (κ3) is 3.48. The first kappa shape index (κ1) is 18.5. The van der Waals surface area contributed by atoms with Gasteiger partial charge >= 0.3 is 0 Å². The minimum atomic E-state index is -3.64. The number of aromatic nitrogens is 4. The molecule has 0 bridgehead atoms. The van der Waals surface area contributed by atoms with Crippen LogP contribution >= 0.6 is 0 Å². The molecule has 0 radical (unpaired) electrons. The fourth-order valence-electron chi connectivity index (χ4n) is 3.18. The van der Waals surface area contributed by atoms with Crippen LogP contribution in [0.1, 0.15) is 5.82 Å². The Hall–Kier alpha value is -2.85. The van der Waals surface area contributed by atoms with Crippen LogP contribution in [0.3, 0.4) is 0 Å². The Morgan fingerprint density at radius 1 is 0.964 bits per heavy atom. The fraction of sp³-hybridized carbons (Fsp3) is 0.278. The second-order valence-corrected chi connectivity index (χ2v) is 8.36. The normalized spacial score (nSPS) is 15.7. The lowest BCUT2D eigenvalue weighted by Crippen LogP contribution is -2.48. The second-order valence-electron chi connectivity index (χ2n) is 6.42. The number of piperazine rings is 1. The van der Waals surface area contributed by atoms with E-state index in [0.29, 0.717) is 32.0 Å². The van der Waals surface area contributed by atoms with Gasteiger partial charge in [0, 0.05) is 44.6 Å². The number of halogens is 1. The van der Waals surface area contributed by atoms with Gasteiger partial charge in [-0.3, -0.25) is 4.57 Å². The third-order valence-electron chi connectivity index (χ3n) is 4.72. The van der Waals surface area contributed by atoms with E-state index in [1.807, 2.05) is 28.7 Å². The molecule has 0 spiro atoms. The Kier molecular flexibility index (Phi) is 4.82. The van der Waals surface area contributed by atoms with Crippen LogP contribution in [0.4, 0.5) is 10.2 Å². The van der Waals surface area contributed by atoms with Gasteiger partial charge in [0.15, 0.2) is 0 Å². The van der Waals surface area contributed by atoms with Gasteiger partial charge in [0.1, 0.15) is 29.6 Å². The van der Waals surface area contributed by atoms with Crippen LogP contribution in [0.5, 0.6) is 0 Å². The van der Waals surface area contributed by atoms with Crippen molar-refractivity contribution in [3.8, 4) is 5.82 Å². The minimum Gasteiger partial charge on any atom is -0.354 e. The molecule has 0 N–H and O–H groups in total. The quantitative estimate of drug-likeness (QED) is 0.659. The third-order valence-corrected chi connectivity index (χ3v) is 6.64. The molecule has 10 heteroatoms. The van der Waals surface area contributed by atoms with Gasteiger partial charge in [0.2, 0.25) is 10.0 Å². The summed E-state index contributed by atoms with van der Waals surface area (Å²) in [5.41, 5.74) is 0. The Bertz CT molecular complexity index is 1080. The van der Waals surface area contributed by atoms with Gasteiger partial charge in [-0.1, -0.05) is 0 Å². The van der Waals surface area contributed by atoms with E-state index in [0.717, 1.165) is 23.8 Å². The van der Waals surface area contributed by atoms with Crippen LogP contribution in [0.15, 0.2) is 53.9 Å². The lowest BCUT2D eigenvalue weighted by atomic mass is 10.3. The van der Waals surface area contributed by atoms with E-state index in [1.165, 1.54) is 22.8 Å². The molecule has 3 aromatic rings. The highest BCUT2D eigenvalue weighted by Crippen LogP contribution is 2.21. The van der Waals surface area contributed by atoms with E-state index >= 15 is 0 Å². The molecule has 1 aliphatic heterocycles. The van der Waals surface area contributed by atoms with Crippen LogP contribution in [0.25, 0.3) is 5.82 Å². The number of benzene rings is 1. The highest BCUT2D eigenvalue weighted by Gasteiger charge is 2.29. The molecular weight excluding hydrogens is 383 g/mol. The molecule has 0 unspecified atom stereocenters. The summed E-state index contributed by atoms with van der Waals surface area (Å²) >= 11 is 0. The average Bonchev–Trinajstić information content (AvgIpc) is 3.14. The highest BCUT2D eigenvalue weighted by molar-refractivity contribution is 7.89. The molecule has 8 nitrogen and oxygen atoms in total. The lowest BCUT2D eigenvalue weighted by molar-refractivity contribution is 0.383. The van der Waals surface area contributed by atoms with Crippen LogP contribution < -0.4 is 4.90 Å². The first-order valence-corrected chi connectivity index (χ1v) is 10.2. The van der Waals surface area contributed by atoms with Crippen LogP contribution in [0.2, 0.25) is 0 Å². The Balaban J connectivity index is 1.49. The molecule has 28 heavy (non-hydrogen) atoms. The van der Waals surface area contributed by atoms with Gasteiger partial charge in [0.25, 0.3) is 0 Å². The first-order chi connectivity index (χ1) is 13.4. The molecule has 3 heterocycles. The minimum absolute atomic E-state index is 0.0993. The van der Waals surface area contributed by atoms with Gasteiger partial charge in [-0.2, -0.15) is 4.31 Å². The van der Waals surface area contributed by atoms with Crippen molar-refractivity contribution in [2.24, 2.45) is 0 Å². The van der Waals surface area contributed by atoms with Crippen molar-refractivity contribution in [2.75, 3.05) is 31.1 Å². The number of rotatable bonds is 4. The smallest absolute Gasteiger partial charge is 0.243 e. The molecule has 1 aliphatic rings. The number of hydrogen-bond acceptors (Lipinski definition) is 6. The first-order valence-electron chi connectivity index (χ1n) is 8.78. The predicted molar refractivity (Wildman–Crippen MR) is 101 cm³/mol. The van der Waals surface area contributed by atoms with E-state index in [-0.39, 0.29) is 4.90 Å². The number of sulfonamides is 1. The monoisotopic (exact) mass is 402 g/mol. The van der Waals surface area contributed by atoms with Crippen LogP contribution in [-0.4, -0.2) is 58.4 Å². The molecule has 1 aromatic carbocycles. The van der Waals surface area contributed by atoms with Gasteiger partial charge in [-0.15, -0.1) is 0 Å². The zero-order valence-corrected chi connectivity index (χ0v) is 16.0. The maximum atomic E-state index is 13.1. The zero-order chi connectivity index (χ0) is 19.7. The Morgan fingerprint density at radius 2 is 1.64 bits per heavy atom. The van der Waals surface area contributed by atoms with E-state index < -0.39 is 15.8 Å². The maximum absolute atomic E-state index is 13.1. The standard InChI is InChI=1S/C18H19FN6O2S/c1-14-20-6-7-25(14)18-12-17(21-13-22-18)23-8-10-24(11-9-23)28(26,27)16-4-2-15(19)3-5-16/h2-7,12-13H,8-11H2,1H3. The number of nitrogens with zero attached hydrogens (tertiary/aromatic N) is 6. The largest absolute Gasteiger partial charge is 0.354 e. The SMILES string of the molecule is Cc1nccn1-c1cc(N2CCN(S(=O)(=O)c3ccc(F)cc3)CC2)ncn1. The Labute approximate surface area is 162 Å². The van der Waals surface area contributed by atoms with Crippen molar-refractivity contribution in [1.82, 2.24) is 23.8 Å². The summed E-state index contributed by atoms with van der Waals surface area (Å²) in [6, 6.07) is 6.76. The number of aryl methyl sites for hydroxylation is 1. The topological polar surface area (TPSA) is 84.2 Å². The summed E-state index contributed by atoms with van der Waals surface area (Å²) in [6.07, 6.45) is 5.02. The fourth-order valence-corrected chi connectivity index (χ4v) is 4.60. The number of anilines is 1. The maximum Gasteiger partial charge on any atom is 0.243 e. The highest BCUT2D eigenvalue weighted by atomic mass is 32.2. The molecule has 1 saturated heterocycles. The number of hydrogen-bond donors (Lipinski definition) is 0. The van der Waals surface area contributed by atoms with Gasteiger partial charge < -0.3 is 4.90 Å². The zero-order valence-electron chi connectivity index (χ0n) is 15.2. The molecule has 0 aliphatic carbocycles. The van der Waals surface area contributed by atoms with Crippen LogP contribution in [-0.2, 0) is 10.0 Å². The van der Waals surface area contributed by atoms with Crippen molar-refractivity contribution in [1.29, 1.82) is 0 Å². The summed E-state index contributed by atoms with van der Waals surface area (Å²) in [7, 11) is -3.64. The second kappa shape index (κ2) is 7.28. The van der Waals surface area contributed by atoms with E-state index in [1.54, 1.807) is 6.20 Å². The van der Waals surface area contributed by atoms with Crippen molar-refractivity contribution in [3.63, 3.8) is 0 Å². The predicted octanol–water partition coefficient (Wildman–Crippen LogP) is 1.62. The summed E-state index contributed by atoms with van der Waals surface area (Å²) in [5.74, 6) is 1.80. The summed E-state index contributed by atoms with van der Waals surface area (Å²) in [4.78, 5) is 14.9.